The van der Waals surface area contributed by atoms with E-state index in [1.165, 1.54) is 43.9 Å². The van der Waals surface area contributed by atoms with Crippen molar-refractivity contribution in [3.05, 3.63) is 106 Å². The average Bonchev–Trinajstić information content (AvgIpc) is 3.49. The van der Waals surface area contributed by atoms with Gasteiger partial charge in [0.2, 0.25) is 0 Å². The minimum absolute atomic E-state index is 0.282. The van der Waals surface area contributed by atoms with Crippen molar-refractivity contribution in [1.29, 1.82) is 0 Å². The number of benzene rings is 3. The van der Waals surface area contributed by atoms with Crippen LogP contribution in [0, 0.1) is 6.92 Å². The smallest absolute Gasteiger partial charge is 0.109 e. The van der Waals surface area contributed by atoms with E-state index in [0.717, 1.165) is 35.4 Å². The van der Waals surface area contributed by atoms with Crippen LogP contribution in [0.4, 0.5) is 0 Å². The van der Waals surface area contributed by atoms with Crippen LogP contribution in [0.3, 0.4) is 0 Å². The molecule has 0 aliphatic carbocycles. The van der Waals surface area contributed by atoms with Crippen LogP contribution in [0.2, 0.25) is 0 Å². The van der Waals surface area contributed by atoms with E-state index in [4.69, 9.17) is 0 Å². The highest BCUT2D eigenvalue weighted by molar-refractivity contribution is 7.06. The normalized spacial score (nSPS) is 11.2. The summed E-state index contributed by atoms with van der Waals surface area (Å²) in [4.78, 5) is 2.42. The molecule has 0 aliphatic heterocycles. The molecule has 32 heavy (non-hydrogen) atoms. The van der Waals surface area contributed by atoms with Gasteiger partial charge in [-0.05, 0) is 54.3 Å². The lowest BCUT2D eigenvalue weighted by Crippen LogP contribution is -2.07. The third-order valence-corrected chi connectivity index (χ3v) is 7.07. The Hall–Kier alpha value is -3.22. The van der Waals surface area contributed by atoms with Gasteiger partial charge in [-0.25, -0.2) is 0 Å². The van der Waals surface area contributed by atoms with Gasteiger partial charge in [0, 0.05) is 11.1 Å². The number of aryl methyl sites for hydroxylation is 1. The zero-order chi connectivity index (χ0) is 21.8. The first-order valence-electron chi connectivity index (χ1n) is 10.6. The van der Waals surface area contributed by atoms with Crippen molar-refractivity contribution in [2.75, 3.05) is 0 Å². The fourth-order valence-corrected chi connectivity index (χ4v) is 5.48. The fraction of sp³-hybridized carbons (Fsp3) is 0.154. The first kappa shape index (κ1) is 20.7. The van der Waals surface area contributed by atoms with Crippen LogP contribution in [-0.2, 0) is 12.8 Å². The van der Waals surface area contributed by atoms with Gasteiger partial charge in [0.1, 0.15) is 11.4 Å². The van der Waals surface area contributed by atoms with Gasteiger partial charge in [-0.3, -0.25) is 0 Å². The summed E-state index contributed by atoms with van der Waals surface area (Å²) in [5.41, 5.74) is 6.79. The minimum Gasteiger partial charge on any atom is -0.138 e. The van der Waals surface area contributed by atoms with Crippen LogP contribution in [-0.4, -0.2) is 19.2 Å². The molecule has 0 saturated heterocycles. The maximum atomic E-state index is 4.46. The van der Waals surface area contributed by atoms with Gasteiger partial charge in [-0.1, -0.05) is 99.5 Å². The molecular formula is C26H22N4S2. The molecule has 0 amide bonds. The number of aromatic nitrogens is 4. The maximum Gasteiger partial charge on any atom is 0.109 e. The lowest BCUT2D eigenvalue weighted by molar-refractivity contribution is 0.692. The monoisotopic (exact) mass is 454 g/mol. The molecule has 0 unspecified atom stereocenters. The highest BCUT2D eigenvalue weighted by Crippen LogP contribution is 2.35. The van der Waals surface area contributed by atoms with Crippen molar-refractivity contribution in [3.8, 4) is 22.5 Å². The quantitative estimate of drug-likeness (QED) is 0.278. The Kier molecular flexibility index (Phi) is 6.14. The molecule has 2 heterocycles. The molecule has 4 nitrogen and oxygen atoms in total. The van der Waals surface area contributed by atoms with Crippen LogP contribution < -0.4 is 0 Å². The van der Waals surface area contributed by atoms with Gasteiger partial charge in [-0.2, -0.15) is 0 Å². The lowest BCUT2D eigenvalue weighted by atomic mass is 9.88. The Morgan fingerprint density at radius 2 is 1.19 bits per heavy atom. The highest BCUT2D eigenvalue weighted by atomic mass is 32.1. The molecule has 0 radical (unpaired) electrons. The summed E-state index contributed by atoms with van der Waals surface area (Å²) in [6.45, 7) is 2.15. The van der Waals surface area contributed by atoms with E-state index in [0.29, 0.717) is 0 Å². The summed E-state index contributed by atoms with van der Waals surface area (Å²) in [6, 6.07) is 29.5. The largest absolute Gasteiger partial charge is 0.138 e. The van der Waals surface area contributed by atoms with Crippen molar-refractivity contribution in [3.63, 3.8) is 0 Å². The Bertz CT molecular complexity index is 1220. The van der Waals surface area contributed by atoms with Crippen molar-refractivity contribution in [2.24, 2.45) is 0 Å². The summed E-state index contributed by atoms with van der Waals surface area (Å²) in [6.07, 6.45) is 1.74. The maximum absolute atomic E-state index is 4.46. The van der Waals surface area contributed by atoms with E-state index in [9.17, 15) is 0 Å². The van der Waals surface area contributed by atoms with Crippen molar-refractivity contribution >= 4 is 23.1 Å². The predicted molar refractivity (Wildman–Crippen MR) is 132 cm³/mol. The molecule has 5 rings (SSSR count). The molecule has 0 fully saturated rings. The van der Waals surface area contributed by atoms with E-state index in [-0.39, 0.29) is 5.92 Å². The molecule has 0 atom stereocenters. The Morgan fingerprint density at radius 3 is 1.69 bits per heavy atom. The SMILES string of the molecule is Cc1cccc(C(Cc2snnc2-c2ccccc2)Cc2snnc2-c2ccccc2)c1. The number of nitrogens with zero attached hydrogens (tertiary/aromatic N) is 4. The molecule has 158 valence electrons. The zero-order valence-electron chi connectivity index (χ0n) is 17.7. The molecule has 0 saturated carbocycles. The van der Waals surface area contributed by atoms with E-state index in [2.05, 4.69) is 74.6 Å². The number of rotatable bonds is 7. The van der Waals surface area contributed by atoms with Gasteiger partial charge in [-0.15, -0.1) is 10.2 Å². The van der Waals surface area contributed by atoms with Crippen LogP contribution >= 0.6 is 23.1 Å². The number of hydrogen-bond donors (Lipinski definition) is 0. The van der Waals surface area contributed by atoms with Crippen molar-refractivity contribution < 1.29 is 0 Å². The molecule has 5 aromatic rings. The van der Waals surface area contributed by atoms with Gasteiger partial charge >= 0.3 is 0 Å². The van der Waals surface area contributed by atoms with Gasteiger partial charge < -0.3 is 0 Å². The van der Waals surface area contributed by atoms with Crippen LogP contribution in [0.25, 0.3) is 22.5 Å². The lowest BCUT2D eigenvalue weighted by Gasteiger charge is -2.17. The molecular weight excluding hydrogens is 432 g/mol. The van der Waals surface area contributed by atoms with Crippen molar-refractivity contribution in [2.45, 2.75) is 25.7 Å². The van der Waals surface area contributed by atoms with Gasteiger partial charge in [0.15, 0.2) is 0 Å². The predicted octanol–water partition coefficient (Wildman–Crippen LogP) is 6.60. The first-order chi connectivity index (χ1) is 15.8. The molecule has 0 aliphatic rings. The van der Waals surface area contributed by atoms with Crippen molar-refractivity contribution in [1.82, 2.24) is 19.2 Å². The second kappa shape index (κ2) is 9.51. The van der Waals surface area contributed by atoms with Gasteiger partial charge in [0.05, 0.1) is 9.75 Å². The Labute approximate surface area is 195 Å². The van der Waals surface area contributed by atoms with E-state index in [1.807, 2.05) is 36.4 Å². The molecule has 0 spiro atoms. The zero-order valence-corrected chi connectivity index (χ0v) is 19.3. The second-order valence-corrected chi connectivity index (χ2v) is 9.52. The third-order valence-electron chi connectivity index (χ3n) is 5.58. The average molecular weight is 455 g/mol. The second-order valence-electron chi connectivity index (χ2n) is 7.84. The fourth-order valence-electron chi connectivity index (χ4n) is 4.00. The third kappa shape index (κ3) is 4.52. The summed E-state index contributed by atoms with van der Waals surface area (Å²) < 4.78 is 8.59. The molecule has 6 heteroatoms. The number of hydrogen-bond acceptors (Lipinski definition) is 6. The topological polar surface area (TPSA) is 51.6 Å². The molecule has 3 aromatic carbocycles. The Balaban J connectivity index is 1.50. The minimum atomic E-state index is 0.282. The van der Waals surface area contributed by atoms with Crippen LogP contribution in [0.1, 0.15) is 26.8 Å². The first-order valence-corrected chi connectivity index (χ1v) is 12.1. The summed E-state index contributed by atoms with van der Waals surface area (Å²) in [5.74, 6) is 0.282. The van der Waals surface area contributed by atoms with E-state index in [1.54, 1.807) is 0 Å². The summed E-state index contributed by atoms with van der Waals surface area (Å²) in [5, 5.41) is 8.92. The summed E-state index contributed by atoms with van der Waals surface area (Å²) in [7, 11) is 0. The van der Waals surface area contributed by atoms with E-state index >= 15 is 0 Å². The standard InChI is InChI=1S/C26H22N4S2/c1-18-9-8-14-21(15-18)22(16-23-25(27-29-31-23)19-10-4-2-5-11-19)17-24-26(28-30-32-24)20-12-6-3-7-13-20/h2-15,22H,16-17H2,1H3. The molecule has 0 N–H and O–H groups in total. The van der Waals surface area contributed by atoms with Gasteiger partial charge in [0.25, 0.3) is 0 Å². The molecule has 2 aromatic heterocycles. The summed E-state index contributed by atoms with van der Waals surface area (Å²) >= 11 is 2.99. The van der Waals surface area contributed by atoms with Crippen LogP contribution in [0.15, 0.2) is 84.9 Å². The Morgan fingerprint density at radius 1 is 0.656 bits per heavy atom. The molecule has 0 bridgehead atoms. The van der Waals surface area contributed by atoms with Crippen LogP contribution in [0.5, 0.6) is 0 Å². The van der Waals surface area contributed by atoms with E-state index < -0.39 is 0 Å². The highest BCUT2D eigenvalue weighted by Gasteiger charge is 2.22.